The van der Waals surface area contributed by atoms with E-state index in [2.05, 4.69) is 10.6 Å². The van der Waals surface area contributed by atoms with E-state index in [0.717, 1.165) is 0 Å². The molecule has 0 fully saturated rings. The molecule has 1 unspecified atom stereocenters. The van der Waals surface area contributed by atoms with Gasteiger partial charge in [-0.15, -0.1) is 0 Å². The second-order valence-electron chi connectivity index (χ2n) is 6.67. The Labute approximate surface area is 180 Å². The first-order chi connectivity index (χ1) is 15.0. The van der Waals surface area contributed by atoms with Crippen molar-refractivity contribution < 1.29 is 23.9 Å². The summed E-state index contributed by atoms with van der Waals surface area (Å²) < 4.78 is 10.7. The first-order valence-corrected chi connectivity index (χ1v) is 9.55. The summed E-state index contributed by atoms with van der Waals surface area (Å²) in [6.45, 7) is 1.40. The first kappa shape index (κ1) is 21.6. The van der Waals surface area contributed by atoms with Gasteiger partial charge in [0.05, 0.1) is 12.7 Å². The van der Waals surface area contributed by atoms with Gasteiger partial charge in [-0.2, -0.15) is 0 Å². The number of ether oxygens (including phenoxy) is 2. The van der Waals surface area contributed by atoms with Gasteiger partial charge in [0.1, 0.15) is 5.75 Å². The van der Waals surface area contributed by atoms with Crippen molar-refractivity contribution in [1.82, 2.24) is 0 Å². The second kappa shape index (κ2) is 10.1. The van der Waals surface area contributed by atoms with Crippen LogP contribution in [0.1, 0.15) is 28.9 Å². The summed E-state index contributed by atoms with van der Waals surface area (Å²) >= 11 is 0. The van der Waals surface area contributed by atoms with Crippen molar-refractivity contribution in [1.29, 1.82) is 0 Å². The van der Waals surface area contributed by atoms with Gasteiger partial charge < -0.3 is 20.1 Å². The van der Waals surface area contributed by atoms with Crippen LogP contribution < -0.4 is 15.4 Å². The number of carbonyl (C=O) groups excluding carboxylic acids is 3. The predicted octanol–water partition coefficient (Wildman–Crippen LogP) is 4.19. The molecule has 2 N–H and O–H groups in total. The molecule has 0 spiro atoms. The largest absolute Gasteiger partial charge is 0.497 e. The van der Waals surface area contributed by atoms with Crippen LogP contribution in [0.2, 0.25) is 0 Å². The van der Waals surface area contributed by atoms with Crippen molar-refractivity contribution in [3.05, 3.63) is 90.0 Å². The Morgan fingerprint density at radius 3 is 1.94 bits per heavy atom. The van der Waals surface area contributed by atoms with Crippen molar-refractivity contribution >= 4 is 29.2 Å². The zero-order chi connectivity index (χ0) is 22.2. The van der Waals surface area contributed by atoms with E-state index in [1.54, 1.807) is 67.8 Å². The lowest BCUT2D eigenvalue weighted by Gasteiger charge is -2.18. The van der Waals surface area contributed by atoms with Crippen LogP contribution in [0.4, 0.5) is 11.4 Å². The lowest BCUT2D eigenvalue weighted by atomic mass is 10.1. The molecule has 7 heteroatoms. The summed E-state index contributed by atoms with van der Waals surface area (Å²) in [4.78, 5) is 36.8. The Bertz CT molecular complexity index is 1050. The molecule has 3 rings (SSSR count). The SMILES string of the molecule is COc1ccc(NC(=O)C(OC(=O)c2ccc(NC(C)=O)cc2)c2ccccc2)cc1. The van der Waals surface area contributed by atoms with E-state index in [-0.39, 0.29) is 11.5 Å². The zero-order valence-corrected chi connectivity index (χ0v) is 17.1. The maximum Gasteiger partial charge on any atom is 0.339 e. The molecular formula is C24H22N2O5. The highest BCUT2D eigenvalue weighted by molar-refractivity contribution is 5.98. The van der Waals surface area contributed by atoms with Crippen LogP contribution in [0.15, 0.2) is 78.9 Å². The molecule has 0 aliphatic carbocycles. The van der Waals surface area contributed by atoms with Crippen LogP contribution in [-0.2, 0) is 14.3 Å². The minimum atomic E-state index is -1.15. The molecule has 2 amide bonds. The number of hydrogen-bond acceptors (Lipinski definition) is 5. The van der Waals surface area contributed by atoms with E-state index in [1.165, 1.54) is 19.1 Å². The van der Waals surface area contributed by atoms with Gasteiger partial charge in [-0.3, -0.25) is 9.59 Å². The zero-order valence-electron chi connectivity index (χ0n) is 17.1. The van der Waals surface area contributed by atoms with Gasteiger partial charge in [0.25, 0.3) is 5.91 Å². The quantitative estimate of drug-likeness (QED) is 0.561. The number of anilines is 2. The van der Waals surface area contributed by atoms with E-state index >= 15 is 0 Å². The van der Waals surface area contributed by atoms with E-state index < -0.39 is 18.0 Å². The molecule has 0 bridgehead atoms. The van der Waals surface area contributed by atoms with Crippen LogP contribution in [0.5, 0.6) is 5.75 Å². The number of carbonyl (C=O) groups is 3. The van der Waals surface area contributed by atoms with E-state index in [9.17, 15) is 14.4 Å². The minimum Gasteiger partial charge on any atom is -0.497 e. The number of rotatable bonds is 7. The average Bonchev–Trinajstić information content (AvgIpc) is 2.78. The Morgan fingerprint density at radius 2 is 1.35 bits per heavy atom. The fraction of sp³-hybridized carbons (Fsp3) is 0.125. The van der Waals surface area contributed by atoms with Gasteiger partial charge in [0.15, 0.2) is 0 Å². The molecule has 0 aromatic heterocycles. The van der Waals surface area contributed by atoms with Crippen molar-refractivity contribution in [2.24, 2.45) is 0 Å². The van der Waals surface area contributed by atoms with E-state index in [0.29, 0.717) is 22.7 Å². The molecule has 0 aliphatic rings. The third-order valence-corrected chi connectivity index (χ3v) is 4.36. The number of methoxy groups -OCH3 is 1. The number of amides is 2. The summed E-state index contributed by atoms with van der Waals surface area (Å²) in [6.07, 6.45) is -1.15. The molecule has 31 heavy (non-hydrogen) atoms. The van der Waals surface area contributed by atoms with Gasteiger partial charge in [0.2, 0.25) is 12.0 Å². The highest BCUT2D eigenvalue weighted by Gasteiger charge is 2.26. The number of benzene rings is 3. The smallest absolute Gasteiger partial charge is 0.339 e. The lowest BCUT2D eigenvalue weighted by Crippen LogP contribution is -2.26. The van der Waals surface area contributed by atoms with Crippen LogP contribution in [-0.4, -0.2) is 24.9 Å². The highest BCUT2D eigenvalue weighted by Crippen LogP contribution is 2.23. The fourth-order valence-corrected chi connectivity index (χ4v) is 2.85. The molecule has 1 atom stereocenters. The van der Waals surface area contributed by atoms with Gasteiger partial charge in [0, 0.05) is 23.9 Å². The van der Waals surface area contributed by atoms with Gasteiger partial charge in [-0.05, 0) is 48.5 Å². The van der Waals surface area contributed by atoms with Crippen LogP contribution in [0.3, 0.4) is 0 Å². The fourth-order valence-electron chi connectivity index (χ4n) is 2.85. The van der Waals surface area contributed by atoms with Crippen molar-refractivity contribution in [3.63, 3.8) is 0 Å². The lowest BCUT2D eigenvalue weighted by molar-refractivity contribution is -0.125. The maximum absolute atomic E-state index is 12.9. The molecule has 3 aromatic carbocycles. The molecule has 0 radical (unpaired) electrons. The Kier molecular flexibility index (Phi) is 7.01. The Hall–Kier alpha value is -4.13. The van der Waals surface area contributed by atoms with E-state index in [4.69, 9.17) is 9.47 Å². The summed E-state index contributed by atoms with van der Waals surface area (Å²) in [5, 5.41) is 5.39. The monoisotopic (exact) mass is 418 g/mol. The molecule has 7 nitrogen and oxygen atoms in total. The summed E-state index contributed by atoms with van der Waals surface area (Å²) in [5.41, 5.74) is 1.90. The van der Waals surface area contributed by atoms with Crippen LogP contribution in [0, 0.1) is 0 Å². The summed E-state index contributed by atoms with van der Waals surface area (Å²) in [7, 11) is 1.56. The Balaban J connectivity index is 1.77. The molecule has 0 saturated heterocycles. The average molecular weight is 418 g/mol. The van der Waals surface area contributed by atoms with E-state index in [1.807, 2.05) is 6.07 Å². The first-order valence-electron chi connectivity index (χ1n) is 9.55. The van der Waals surface area contributed by atoms with Gasteiger partial charge in [-0.1, -0.05) is 30.3 Å². The number of nitrogens with one attached hydrogen (secondary N) is 2. The summed E-state index contributed by atoms with van der Waals surface area (Å²) in [5.74, 6) is -0.700. The predicted molar refractivity (Wildman–Crippen MR) is 117 cm³/mol. The van der Waals surface area contributed by atoms with Crippen molar-refractivity contribution in [2.75, 3.05) is 17.7 Å². The summed E-state index contributed by atoms with van der Waals surface area (Å²) in [6, 6.07) is 21.8. The topological polar surface area (TPSA) is 93.7 Å². The van der Waals surface area contributed by atoms with Crippen LogP contribution in [0.25, 0.3) is 0 Å². The normalized spacial score (nSPS) is 11.2. The van der Waals surface area contributed by atoms with Crippen LogP contribution >= 0.6 is 0 Å². The standard InChI is InChI=1S/C24H22N2O5/c1-16(27)25-19-10-8-18(9-11-19)24(29)31-22(17-6-4-3-5-7-17)23(28)26-20-12-14-21(30-2)15-13-20/h3-15,22H,1-2H3,(H,25,27)(H,26,28). The molecule has 158 valence electrons. The molecule has 0 saturated carbocycles. The third-order valence-electron chi connectivity index (χ3n) is 4.36. The number of hydrogen-bond donors (Lipinski definition) is 2. The van der Waals surface area contributed by atoms with Crippen molar-refractivity contribution in [3.8, 4) is 5.75 Å². The molecule has 0 heterocycles. The maximum atomic E-state index is 12.9. The van der Waals surface area contributed by atoms with Gasteiger partial charge >= 0.3 is 5.97 Å². The molecular weight excluding hydrogens is 396 g/mol. The molecule has 3 aromatic rings. The number of esters is 1. The highest BCUT2D eigenvalue weighted by atomic mass is 16.5. The van der Waals surface area contributed by atoms with Crippen molar-refractivity contribution in [2.45, 2.75) is 13.0 Å². The third kappa shape index (κ3) is 5.93. The minimum absolute atomic E-state index is 0.213. The second-order valence-corrected chi connectivity index (χ2v) is 6.67. The molecule has 0 aliphatic heterocycles. The van der Waals surface area contributed by atoms with Gasteiger partial charge in [-0.25, -0.2) is 4.79 Å². The Morgan fingerprint density at radius 1 is 0.774 bits per heavy atom.